The lowest BCUT2D eigenvalue weighted by atomic mass is 10.2. The van der Waals surface area contributed by atoms with Gasteiger partial charge in [0.05, 0.1) is 12.2 Å². The summed E-state index contributed by atoms with van der Waals surface area (Å²) in [5.74, 6) is -0.373. The molecule has 88 valence electrons. The van der Waals surface area contributed by atoms with Gasteiger partial charge in [0, 0.05) is 11.6 Å². The van der Waals surface area contributed by atoms with Crippen LogP contribution in [0, 0.1) is 0 Å². The molecule has 0 spiro atoms. The fraction of sp³-hybridized carbons (Fsp3) is 0.417. The van der Waals surface area contributed by atoms with Crippen LogP contribution in [-0.4, -0.2) is 25.8 Å². The number of carbonyl (C=O) groups excluding carboxylic acids is 1. The van der Waals surface area contributed by atoms with Gasteiger partial charge in [-0.1, -0.05) is 24.6 Å². The molecule has 3 nitrogen and oxygen atoms in total. The summed E-state index contributed by atoms with van der Waals surface area (Å²) < 4.78 is 10.2. The van der Waals surface area contributed by atoms with E-state index in [9.17, 15) is 4.79 Å². The van der Waals surface area contributed by atoms with Crippen LogP contribution in [0.1, 0.15) is 23.7 Å². The summed E-state index contributed by atoms with van der Waals surface area (Å²) in [6.07, 6.45) is 0.961. The molecule has 0 unspecified atom stereocenters. The van der Waals surface area contributed by atoms with Gasteiger partial charge in [-0.05, 0) is 24.6 Å². The molecule has 0 bridgehead atoms. The zero-order valence-corrected chi connectivity index (χ0v) is 10.00. The molecule has 0 fully saturated rings. The summed E-state index contributed by atoms with van der Waals surface area (Å²) in [4.78, 5) is 11.5. The fourth-order valence-electron chi connectivity index (χ4n) is 1.14. The standard InChI is InChI=1S/C12H15ClO3/c1-2-6-15-7-8-16-12(14)10-4-3-5-11(13)9-10/h3-5,9H,2,6-8H2,1H3. The lowest BCUT2D eigenvalue weighted by Crippen LogP contribution is -2.11. The molecule has 0 aliphatic heterocycles. The van der Waals surface area contributed by atoms with E-state index in [0.29, 0.717) is 23.8 Å². The van der Waals surface area contributed by atoms with Crippen molar-refractivity contribution in [3.05, 3.63) is 34.9 Å². The molecule has 0 saturated carbocycles. The maximum Gasteiger partial charge on any atom is 0.338 e. The van der Waals surface area contributed by atoms with E-state index >= 15 is 0 Å². The molecule has 0 N–H and O–H groups in total. The molecule has 0 radical (unpaired) electrons. The fourth-order valence-corrected chi connectivity index (χ4v) is 1.33. The third kappa shape index (κ3) is 4.64. The minimum absolute atomic E-state index is 0.269. The second-order valence-corrected chi connectivity index (χ2v) is 3.70. The van der Waals surface area contributed by atoms with Crippen molar-refractivity contribution in [3.8, 4) is 0 Å². The Morgan fingerprint density at radius 2 is 2.12 bits per heavy atom. The number of benzene rings is 1. The maximum atomic E-state index is 11.5. The van der Waals surface area contributed by atoms with E-state index in [2.05, 4.69) is 0 Å². The van der Waals surface area contributed by atoms with Crippen LogP contribution in [0.25, 0.3) is 0 Å². The number of hydrogen-bond donors (Lipinski definition) is 0. The number of hydrogen-bond acceptors (Lipinski definition) is 3. The maximum absolute atomic E-state index is 11.5. The van der Waals surface area contributed by atoms with Crippen molar-refractivity contribution in [2.75, 3.05) is 19.8 Å². The highest BCUT2D eigenvalue weighted by Crippen LogP contribution is 2.11. The van der Waals surface area contributed by atoms with Gasteiger partial charge in [0.2, 0.25) is 0 Å². The molecule has 0 atom stereocenters. The van der Waals surface area contributed by atoms with Gasteiger partial charge in [-0.25, -0.2) is 4.79 Å². The SMILES string of the molecule is CCCOCCOC(=O)c1cccc(Cl)c1. The third-order valence-electron chi connectivity index (χ3n) is 1.87. The summed E-state index contributed by atoms with van der Waals surface area (Å²) in [5.41, 5.74) is 0.461. The molecular formula is C12H15ClO3. The third-order valence-corrected chi connectivity index (χ3v) is 2.10. The summed E-state index contributed by atoms with van der Waals surface area (Å²) in [5, 5.41) is 0.525. The van der Waals surface area contributed by atoms with Crippen LogP contribution in [0.15, 0.2) is 24.3 Å². The second kappa shape index (κ2) is 7.25. The summed E-state index contributed by atoms with van der Waals surface area (Å²) in [6.45, 7) is 3.41. The largest absolute Gasteiger partial charge is 0.460 e. The average molecular weight is 243 g/mol. The summed E-state index contributed by atoms with van der Waals surface area (Å²) >= 11 is 5.76. The Hall–Kier alpha value is -1.06. The van der Waals surface area contributed by atoms with E-state index in [1.165, 1.54) is 0 Å². The smallest absolute Gasteiger partial charge is 0.338 e. The van der Waals surface area contributed by atoms with Crippen LogP contribution < -0.4 is 0 Å². The van der Waals surface area contributed by atoms with Crippen LogP contribution in [0.3, 0.4) is 0 Å². The van der Waals surface area contributed by atoms with Gasteiger partial charge in [0.1, 0.15) is 6.61 Å². The second-order valence-electron chi connectivity index (χ2n) is 3.26. The average Bonchev–Trinajstić information content (AvgIpc) is 2.28. The topological polar surface area (TPSA) is 35.5 Å². The number of rotatable bonds is 6. The lowest BCUT2D eigenvalue weighted by Gasteiger charge is -2.05. The highest BCUT2D eigenvalue weighted by molar-refractivity contribution is 6.30. The predicted octanol–water partition coefficient (Wildman–Crippen LogP) is 2.92. The van der Waals surface area contributed by atoms with Gasteiger partial charge in [0.25, 0.3) is 0 Å². The van der Waals surface area contributed by atoms with Crippen molar-refractivity contribution in [2.24, 2.45) is 0 Å². The first-order valence-electron chi connectivity index (χ1n) is 5.24. The molecule has 1 aromatic rings. The predicted molar refractivity (Wildman–Crippen MR) is 62.8 cm³/mol. The van der Waals surface area contributed by atoms with E-state index in [4.69, 9.17) is 21.1 Å². The number of ether oxygens (including phenoxy) is 2. The molecule has 4 heteroatoms. The molecule has 0 heterocycles. The Balaban J connectivity index is 2.30. The summed E-state index contributed by atoms with van der Waals surface area (Å²) in [6, 6.07) is 6.67. The van der Waals surface area contributed by atoms with Crippen molar-refractivity contribution in [2.45, 2.75) is 13.3 Å². The van der Waals surface area contributed by atoms with Gasteiger partial charge in [-0.15, -0.1) is 0 Å². The van der Waals surface area contributed by atoms with E-state index < -0.39 is 0 Å². The van der Waals surface area contributed by atoms with Gasteiger partial charge in [-0.2, -0.15) is 0 Å². The van der Waals surface area contributed by atoms with E-state index in [0.717, 1.165) is 6.42 Å². The van der Waals surface area contributed by atoms with Crippen LogP contribution in [0.2, 0.25) is 5.02 Å². The summed E-state index contributed by atoms with van der Waals surface area (Å²) in [7, 11) is 0. The van der Waals surface area contributed by atoms with E-state index in [1.807, 2.05) is 6.92 Å². The van der Waals surface area contributed by atoms with Crippen LogP contribution in [0.5, 0.6) is 0 Å². The van der Waals surface area contributed by atoms with Gasteiger partial charge in [-0.3, -0.25) is 0 Å². The van der Waals surface area contributed by atoms with Crippen molar-refractivity contribution in [1.29, 1.82) is 0 Å². The molecule has 0 saturated heterocycles. The van der Waals surface area contributed by atoms with Crippen molar-refractivity contribution < 1.29 is 14.3 Å². The van der Waals surface area contributed by atoms with Gasteiger partial charge < -0.3 is 9.47 Å². The number of carbonyl (C=O) groups is 1. The minimum Gasteiger partial charge on any atom is -0.460 e. The van der Waals surface area contributed by atoms with Gasteiger partial charge in [0.15, 0.2) is 0 Å². The monoisotopic (exact) mass is 242 g/mol. The molecule has 16 heavy (non-hydrogen) atoms. The van der Waals surface area contributed by atoms with Crippen molar-refractivity contribution in [3.63, 3.8) is 0 Å². The zero-order valence-electron chi connectivity index (χ0n) is 9.24. The first-order chi connectivity index (χ1) is 7.74. The van der Waals surface area contributed by atoms with Crippen LogP contribution in [0.4, 0.5) is 0 Å². The van der Waals surface area contributed by atoms with Crippen LogP contribution >= 0.6 is 11.6 Å². The Labute approximate surface area is 100 Å². The van der Waals surface area contributed by atoms with Crippen LogP contribution in [-0.2, 0) is 9.47 Å². The molecule has 0 amide bonds. The minimum atomic E-state index is -0.373. The molecule has 0 aliphatic carbocycles. The number of esters is 1. The zero-order chi connectivity index (χ0) is 11.8. The van der Waals surface area contributed by atoms with Gasteiger partial charge >= 0.3 is 5.97 Å². The van der Waals surface area contributed by atoms with E-state index in [-0.39, 0.29) is 12.6 Å². The Kier molecular flexibility index (Phi) is 5.90. The number of halogens is 1. The Bertz CT molecular complexity index is 339. The normalized spacial score (nSPS) is 10.1. The highest BCUT2D eigenvalue weighted by Gasteiger charge is 2.06. The first-order valence-corrected chi connectivity index (χ1v) is 5.62. The molecule has 1 rings (SSSR count). The first kappa shape index (κ1) is 13.0. The quantitative estimate of drug-likeness (QED) is 0.568. The van der Waals surface area contributed by atoms with E-state index in [1.54, 1.807) is 24.3 Å². The van der Waals surface area contributed by atoms with Crippen molar-refractivity contribution >= 4 is 17.6 Å². The Morgan fingerprint density at radius 1 is 1.31 bits per heavy atom. The lowest BCUT2D eigenvalue weighted by molar-refractivity contribution is 0.0318. The Morgan fingerprint density at radius 3 is 2.81 bits per heavy atom. The molecule has 0 aromatic heterocycles. The van der Waals surface area contributed by atoms with Crippen molar-refractivity contribution in [1.82, 2.24) is 0 Å². The highest BCUT2D eigenvalue weighted by atomic mass is 35.5. The molecular weight excluding hydrogens is 228 g/mol. The molecule has 1 aromatic carbocycles. The molecule has 0 aliphatic rings.